The van der Waals surface area contributed by atoms with Crippen molar-refractivity contribution in [3.63, 3.8) is 0 Å². The van der Waals surface area contributed by atoms with E-state index >= 15 is 0 Å². The third-order valence-electron chi connectivity index (χ3n) is 4.57. The highest BCUT2D eigenvalue weighted by Gasteiger charge is 2.29. The molecule has 24 heavy (non-hydrogen) atoms. The van der Waals surface area contributed by atoms with Gasteiger partial charge in [0.05, 0.1) is 19.2 Å². The second-order valence-corrected chi connectivity index (χ2v) is 6.50. The van der Waals surface area contributed by atoms with Crippen LogP contribution in [0.5, 0.6) is 0 Å². The van der Waals surface area contributed by atoms with E-state index in [1.54, 1.807) is 4.90 Å². The van der Waals surface area contributed by atoms with Crippen LogP contribution in [0.1, 0.15) is 31.4 Å². The molecule has 130 valence electrons. The third-order valence-corrected chi connectivity index (χ3v) is 4.57. The number of carbonyl (C=O) groups is 2. The van der Waals surface area contributed by atoms with Gasteiger partial charge in [-0.1, -0.05) is 30.3 Å². The molecule has 2 fully saturated rings. The van der Waals surface area contributed by atoms with Crippen LogP contribution in [0.25, 0.3) is 0 Å². The Morgan fingerprint density at radius 2 is 1.83 bits per heavy atom. The van der Waals surface area contributed by atoms with Gasteiger partial charge in [-0.05, 0) is 25.3 Å². The molecular formula is C18H25N3O3. The van der Waals surface area contributed by atoms with E-state index in [9.17, 15) is 9.59 Å². The average molecular weight is 331 g/mol. The number of hydrogen-bond donors (Lipinski definition) is 1. The minimum absolute atomic E-state index is 0.00164. The number of likely N-dealkylation sites (tertiary alicyclic amines) is 1. The maximum Gasteiger partial charge on any atom is 0.318 e. The van der Waals surface area contributed by atoms with Crippen LogP contribution in [-0.4, -0.2) is 60.6 Å². The molecular weight excluding hydrogens is 306 g/mol. The van der Waals surface area contributed by atoms with E-state index in [0.29, 0.717) is 13.1 Å². The molecule has 2 saturated heterocycles. The number of carbonyl (C=O) groups excluding carboxylic acids is 2. The number of nitrogens with zero attached hydrogens (tertiary/aromatic N) is 2. The summed E-state index contributed by atoms with van der Waals surface area (Å²) in [4.78, 5) is 28.0. The smallest absolute Gasteiger partial charge is 0.318 e. The summed E-state index contributed by atoms with van der Waals surface area (Å²) in [5.41, 5.74) is 1.06. The molecule has 0 bridgehead atoms. The van der Waals surface area contributed by atoms with Crippen LogP contribution >= 0.6 is 0 Å². The van der Waals surface area contributed by atoms with E-state index in [0.717, 1.165) is 31.5 Å². The summed E-state index contributed by atoms with van der Waals surface area (Å²) in [5, 5.41) is 2.76. The average Bonchev–Trinajstić information content (AvgIpc) is 3.14. The lowest BCUT2D eigenvalue weighted by atomic mass is 10.1. The summed E-state index contributed by atoms with van der Waals surface area (Å²) in [6.45, 7) is 4.68. The van der Waals surface area contributed by atoms with Crippen molar-refractivity contribution in [2.75, 3.05) is 32.7 Å². The van der Waals surface area contributed by atoms with Crippen molar-refractivity contribution < 1.29 is 14.3 Å². The summed E-state index contributed by atoms with van der Waals surface area (Å²) in [5.74, 6) is 0.00164. The molecule has 2 heterocycles. The molecule has 6 heteroatoms. The van der Waals surface area contributed by atoms with Crippen molar-refractivity contribution in [3.8, 4) is 0 Å². The molecule has 0 spiro atoms. The van der Waals surface area contributed by atoms with Crippen LogP contribution in [0.4, 0.5) is 4.79 Å². The van der Waals surface area contributed by atoms with Gasteiger partial charge in [-0.15, -0.1) is 0 Å². The summed E-state index contributed by atoms with van der Waals surface area (Å²) in [7, 11) is 0. The number of amides is 3. The fraction of sp³-hybridized carbons (Fsp3) is 0.556. The number of nitrogens with one attached hydrogen (secondary N) is 1. The highest BCUT2D eigenvalue weighted by atomic mass is 16.5. The number of urea groups is 1. The SMILES string of the molecule is CC1CN(C(=O)NCC(=O)N2CCCC2)CC(c2ccccc2)O1. The third kappa shape index (κ3) is 4.06. The van der Waals surface area contributed by atoms with Crippen molar-refractivity contribution in [1.82, 2.24) is 15.1 Å². The second-order valence-electron chi connectivity index (χ2n) is 6.50. The Bertz CT molecular complexity index is 572. The van der Waals surface area contributed by atoms with Gasteiger partial charge in [0.2, 0.25) is 5.91 Å². The maximum atomic E-state index is 12.4. The number of benzene rings is 1. The Kier molecular flexibility index (Phi) is 5.35. The molecule has 3 rings (SSSR count). The first-order valence-corrected chi connectivity index (χ1v) is 8.64. The van der Waals surface area contributed by atoms with Crippen molar-refractivity contribution >= 4 is 11.9 Å². The summed E-state index contributed by atoms with van der Waals surface area (Å²) >= 11 is 0. The first kappa shape index (κ1) is 16.8. The number of rotatable bonds is 3. The molecule has 2 aliphatic rings. The Morgan fingerprint density at radius 1 is 1.12 bits per heavy atom. The molecule has 6 nitrogen and oxygen atoms in total. The molecule has 3 amide bonds. The van der Waals surface area contributed by atoms with Crippen molar-refractivity contribution in [2.24, 2.45) is 0 Å². The monoisotopic (exact) mass is 331 g/mol. The highest BCUT2D eigenvalue weighted by Crippen LogP contribution is 2.24. The van der Waals surface area contributed by atoms with Crippen LogP contribution in [0.2, 0.25) is 0 Å². The van der Waals surface area contributed by atoms with E-state index in [-0.39, 0.29) is 30.7 Å². The van der Waals surface area contributed by atoms with Crippen molar-refractivity contribution in [1.29, 1.82) is 0 Å². The molecule has 1 aromatic rings. The molecule has 0 saturated carbocycles. The number of morpholine rings is 1. The topological polar surface area (TPSA) is 61.9 Å². The van der Waals surface area contributed by atoms with Crippen LogP contribution in [0, 0.1) is 0 Å². The van der Waals surface area contributed by atoms with Crippen molar-refractivity contribution in [2.45, 2.75) is 32.0 Å². The van der Waals surface area contributed by atoms with E-state index in [1.165, 1.54) is 0 Å². The molecule has 0 aliphatic carbocycles. The molecule has 2 unspecified atom stereocenters. The van der Waals surface area contributed by atoms with Gasteiger partial charge in [0.15, 0.2) is 0 Å². The minimum atomic E-state index is -0.196. The molecule has 2 aliphatic heterocycles. The quantitative estimate of drug-likeness (QED) is 0.918. The molecule has 1 aromatic carbocycles. The van der Waals surface area contributed by atoms with Gasteiger partial charge in [0.25, 0.3) is 0 Å². The van der Waals surface area contributed by atoms with E-state index in [2.05, 4.69) is 5.32 Å². The fourth-order valence-electron chi connectivity index (χ4n) is 3.31. The molecule has 0 aromatic heterocycles. The summed E-state index contributed by atoms with van der Waals surface area (Å²) < 4.78 is 5.96. The predicted octanol–water partition coefficient (Wildman–Crippen LogP) is 1.78. The van der Waals surface area contributed by atoms with Crippen molar-refractivity contribution in [3.05, 3.63) is 35.9 Å². The summed E-state index contributed by atoms with van der Waals surface area (Å²) in [6.07, 6.45) is 1.94. The minimum Gasteiger partial charge on any atom is -0.367 e. The van der Waals surface area contributed by atoms with Crippen LogP contribution in [0.3, 0.4) is 0 Å². The van der Waals surface area contributed by atoms with Gasteiger partial charge in [0, 0.05) is 19.6 Å². The molecule has 0 radical (unpaired) electrons. The molecule has 2 atom stereocenters. The van der Waals surface area contributed by atoms with Crippen LogP contribution in [0.15, 0.2) is 30.3 Å². The maximum absolute atomic E-state index is 12.4. The van der Waals surface area contributed by atoms with Gasteiger partial charge < -0.3 is 19.9 Å². The lowest BCUT2D eigenvalue weighted by Gasteiger charge is -2.37. The lowest BCUT2D eigenvalue weighted by Crippen LogP contribution is -2.51. The van der Waals surface area contributed by atoms with Gasteiger partial charge >= 0.3 is 6.03 Å². The largest absolute Gasteiger partial charge is 0.367 e. The van der Waals surface area contributed by atoms with E-state index < -0.39 is 0 Å². The zero-order chi connectivity index (χ0) is 16.9. The van der Waals surface area contributed by atoms with Gasteiger partial charge in [-0.25, -0.2) is 4.79 Å². The van der Waals surface area contributed by atoms with Gasteiger partial charge in [-0.2, -0.15) is 0 Å². The van der Waals surface area contributed by atoms with E-state index in [4.69, 9.17) is 4.74 Å². The number of ether oxygens (including phenoxy) is 1. The first-order chi connectivity index (χ1) is 11.6. The Balaban J connectivity index is 1.54. The van der Waals surface area contributed by atoms with E-state index in [1.807, 2.05) is 42.2 Å². The van der Waals surface area contributed by atoms with Gasteiger partial charge in [-0.3, -0.25) is 4.79 Å². The standard InChI is InChI=1S/C18H25N3O3/c1-14-12-21(13-16(24-14)15-7-3-2-4-8-15)18(23)19-11-17(22)20-9-5-6-10-20/h2-4,7-8,14,16H,5-6,9-13H2,1H3,(H,19,23). The Morgan fingerprint density at radius 3 is 2.54 bits per heavy atom. The first-order valence-electron chi connectivity index (χ1n) is 8.64. The number of hydrogen-bond acceptors (Lipinski definition) is 3. The Labute approximate surface area is 142 Å². The van der Waals surface area contributed by atoms with Crippen LogP contribution in [-0.2, 0) is 9.53 Å². The predicted molar refractivity (Wildman–Crippen MR) is 90.5 cm³/mol. The van der Waals surface area contributed by atoms with Crippen LogP contribution < -0.4 is 5.32 Å². The fourth-order valence-corrected chi connectivity index (χ4v) is 3.31. The summed E-state index contributed by atoms with van der Waals surface area (Å²) in [6, 6.07) is 9.72. The lowest BCUT2D eigenvalue weighted by molar-refractivity contribution is -0.129. The second kappa shape index (κ2) is 7.66. The molecule has 1 N–H and O–H groups in total. The normalized spacial score (nSPS) is 24.0. The zero-order valence-electron chi connectivity index (χ0n) is 14.1. The van der Waals surface area contributed by atoms with Gasteiger partial charge in [0.1, 0.15) is 6.10 Å². The Hall–Kier alpha value is -2.08. The zero-order valence-corrected chi connectivity index (χ0v) is 14.1. The highest BCUT2D eigenvalue weighted by molar-refractivity contribution is 5.84.